The lowest BCUT2D eigenvalue weighted by Crippen LogP contribution is -1.81. The molecule has 0 aromatic rings. The summed E-state index contributed by atoms with van der Waals surface area (Å²) in [5.74, 6) is 0. The van der Waals surface area contributed by atoms with Gasteiger partial charge in [0, 0.05) is 5.71 Å². The van der Waals surface area contributed by atoms with Crippen LogP contribution < -0.4 is 0 Å². The van der Waals surface area contributed by atoms with E-state index in [1.165, 1.54) is 13.0 Å². The Morgan fingerprint density at radius 3 is 2.50 bits per heavy atom. The van der Waals surface area contributed by atoms with Crippen molar-refractivity contribution in [1.82, 2.24) is 0 Å². The second-order valence-electron chi connectivity index (χ2n) is 2.10. The van der Waals surface area contributed by atoms with Gasteiger partial charge in [-0.05, 0) is 19.9 Å². The van der Waals surface area contributed by atoms with Gasteiger partial charge in [-0.15, -0.1) is 0 Å². The molecule has 0 heterocycles. The topological polar surface area (TPSA) is 23.9 Å². The average Bonchev–Trinajstić information content (AvgIpc) is 1.79. The molecule has 0 aromatic carbocycles. The number of hydrogen-bond donors (Lipinski definition) is 1. The van der Waals surface area contributed by atoms with Gasteiger partial charge < -0.3 is 5.41 Å². The molecule has 0 bridgehead atoms. The predicted octanol–water partition coefficient (Wildman–Crippen LogP) is 2.50. The van der Waals surface area contributed by atoms with Crippen LogP contribution in [0.15, 0.2) is 24.3 Å². The minimum Gasteiger partial charge on any atom is -0.306 e. The Labute approximate surface area is 60.8 Å². The Balaban J connectivity index is 3.62. The maximum atomic E-state index is 12.1. The van der Waals surface area contributed by atoms with Gasteiger partial charge in [-0.3, -0.25) is 0 Å². The van der Waals surface area contributed by atoms with Gasteiger partial charge in [-0.25, -0.2) is 4.39 Å². The van der Waals surface area contributed by atoms with Crippen molar-refractivity contribution in [2.45, 2.75) is 20.0 Å². The molecule has 0 saturated heterocycles. The highest BCUT2D eigenvalue weighted by molar-refractivity contribution is 5.90. The van der Waals surface area contributed by atoms with Crippen molar-refractivity contribution in [2.24, 2.45) is 0 Å². The van der Waals surface area contributed by atoms with Gasteiger partial charge >= 0.3 is 0 Å². The Morgan fingerprint density at radius 1 is 1.50 bits per heavy atom. The monoisotopic (exact) mass is 141 g/mol. The highest BCUT2D eigenvalue weighted by Gasteiger charge is 1.83. The normalized spacial score (nSPS) is 14.7. The Kier molecular flexibility index (Phi) is 4.46. The lowest BCUT2D eigenvalue weighted by Gasteiger charge is -1.85. The summed E-state index contributed by atoms with van der Waals surface area (Å²) in [5.41, 5.74) is 0.469. The second kappa shape index (κ2) is 4.91. The largest absolute Gasteiger partial charge is 0.306 e. The summed E-state index contributed by atoms with van der Waals surface area (Å²) in [5, 5.41) is 6.97. The average molecular weight is 141 g/mol. The van der Waals surface area contributed by atoms with Crippen molar-refractivity contribution in [3.05, 3.63) is 24.3 Å². The highest BCUT2D eigenvalue weighted by atomic mass is 19.1. The minimum absolute atomic E-state index is 0.469. The molecule has 1 atom stereocenters. The SMILES string of the molecule is CC(=N)/C=C\C=C/C(C)F. The molecule has 0 aliphatic carbocycles. The van der Waals surface area contributed by atoms with Crippen LogP contribution in [0.3, 0.4) is 0 Å². The molecular formula is C8H12FN. The van der Waals surface area contributed by atoms with Crippen LogP contribution >= 0.6 is 0 Å². The van der Waals surface area contributed by atoms with E-state index in [2.05, 4.69) is 0 Å². The third kappa shape index (κ3) is 7.08. The molecule has 0 rings (SSSR count). The van der Waals surface area contributed by atoms with Gasteiger partial charge in [0.05, 0.1) is 0 Å². The fourth-order valence-electron chi connectivity index (χ4n) is 0.417. The fourth-order valence-corrected chi connectivity index (χ4v) is 0.417. The molecule has 0 radical (unpaired) electrons. The first-order chi connectivity index (χ1) is 4.63. The molecule has 0 fully saturated rings. The second-order valence-corrected chi connectivity index (χ2v) is 2.10. The summed E-state index contributed by atoms with van der Waals surface area (Å²) in [6.07, 6.45) is 5.38. The van der Waals surface area contributed by atoms with Crippen LogP contribution in [0.1, 0.15) is 13.8 Å². The summed E-state index contributed by atoms with van der Waals surface area (Å²) < 4.78 is 12.1. The number of nitrogens with one attached hydrogen (secondary N) is 1. The lowest BCUT2D eigenvalue weighted by molar-refractivity contribution is 0.430. The molecule has 1 N–H and O–H groups in total. The van der Waals surface area contributed by atoms with E-state index in [9.17, 15) is 4.39 Å². The molecule has 0 spiro atoms. The van der Waals surface area contributed by atoms with Gasteiger partial charge in [0.1, 0.15) is 6.17 Å². The zero-order chi connectivity index (χ0) is 7.98. The van der Waals surface area contributed by atoms with Crippen molar-refractivity contribution < 1.29 is 4.39 Å². The lowest BCUT2D eigenvalue weighted by atomic mass is 10.3. The van der Waals surface area contributed by atoms with Crippen molar-refractivity contribution >= 4 is 5.71 Å². The Bertz CT molecular complexity index is 157. The van der Waals surface area contributed by atoms with Crippen LogP contribution in [0.5, 0.6) is 0 Å². The van der Waals surface area contributed by atoms with Crippen LogP contribution in [-0.4, -0.2) is 11.9 Å². The standard InChI is InChI=1S/C8H12FN/c1-7(9)5-3-4-6-8(2)10/h3-7,10H,1-2H3/b5-3-,6-4-,10-8?. The molecule has 0 saturated carbocycles. The molecule has 0 amide bonds. The fraction of sp³-hybridized carbons (Fsp3) is 0.375. The van der Waals surface area contributed by atoms with Crippen LogP contribution in [0, 0.1) is 5.41 Å². The van der Waals surface area contributed by atoms with E-state index in [1.807, 2.05) is 0 Å². The summed E-state index contributed by atoms with van der Waals surface area (Å²) >= 11 is 0. The van der Waals surface area contributed by atoms with E-state index in [-0.39, 0.29) is 0 Å². The van der Waals surface area contributed by atoms with Crippen LogP contribution in [0.2, 0.25) is 0 Å². The maximum absolute atomic E-state index is 12.1. The van der Waals surface area contributed by atoms with Gasteiger partial charge in [-0.1, -0.05) is 18.2 Å². The summed E-state index contributed by atoms with van der Waals surface area (Å²) in [6, 6.07) is 0. The van der Waals surface area contributed by atoms with Crippen LogP contribution in [0.25, 0.3) is 0 Å². The van der Waals surface area contributed by atoms with E-state index < -0.39 is 6.17 Å². The summed E-state index contributed by atoms with van der Waals surface area (Å²) in [7, 11) is 0. The number of halogens is 1. The smallest absolute Gasteiger partial charge is 0.116 e. The first kappa shape index (κ1) is 9.08. The van der Waals surface area contributed by atoms with Crippen LogP contribution in [-0.2, 0) is 0 Å². The molecule has 0 aliphatic heterocycles. The first-order valence-corrected chi connectivity index (χ1v) is 3.17. The van der Waals surface area contributed by atoms with E-state index >= 15 is 0 Å². The van der Waals surface area contributed by atoms with E-state index in [4.69, 9.17) is 5.41 Å². The molecule has 0 aromatic heterocycles. The summed E-state index contributed by atoms with van der Waals surface area (Å²) in [6.45, 7) is 3.13. The van der Waals surface area contributed by atoms with Crippen molar-refractivity contribution in [2.75, 3.05) is 0 Å². The highest BCUT2D eigenvalue weighted by Crippen LogP contribution is 1.89. The van der Waals surface area contributed by atoms with Gasteiger partial charge in [0.25, 0.3) is 0 Å². The van der Waals surface area contributed by atoms with Crippen molar-refractivity contribution in [3.8, 4) is 0 Å². The zero-order valence-electron chi connectivity index (χ0n) is 6.26. The van der Waals surface area contributed by atoms with Crippen molar-refractivity contribution in [3.63, 3.8) is 0 Å². The zero-order valence-corrected chi connectivity index (χ0v) is 6.26. The number of hydrogen-bond acceptors (Lipinski definition) is 1. The van der Waals surface area contributed by atoms with Gasteiger partial charge in [0.15, 0.2) is 0 Å². The predicted molar refractivity (Wildman–Crippen MR) is 42.3 cm³/mol. The number of alkyl halides is 1. The maximum Gasteiger partial charge on any atom is 0.116 e. The Hall–Kier alpha value is -0.920. The molecule has 56 valence electrons. The molecule has 0 aliphatic rings. The van der Waals surface area contributed by atoms with Crippen molar-refractivity contribution in [1.29, 1.82) is 5.41 Å². The van der Waals surface area contributed by atoms with Crippen LogP contribution in [0.4, 0.5) is 4.39 Å². The summed E-state index contributed by atoms with van der Waals surface area (Å²) in [4.78, 5) is 0. The molecule has 2 heteroatoms. The molecule has 10 heavy (non-hydrogen) atoms. The van der Waals surface area contributed by atoms with E-state index in [1.54, 1.807) is 25.2 Å². The quantitative estimate of drug-likeness (QED) is 0.461. The number of rotatable bonds is 3. The molecular weight excluding hydrogens is 129 g/mol. The molecule has 1 unspecified atom stereocenters. The minimum atomic E-state index is -0.907. The first-order valence-electron chi connectivity index (χ1n) is 3.17. The molecule has 1 nitrogen and oxygen atoms in total. The van der Waals surface area contributed by atoms with E-state index in [0.717, 1.165) is 0 Å². The Morgan fingerprint density at radius 2 is 2.10 bits per heavy atom. The third-order valence-electron chi connectivity index (χ3n) is 0.834. The van der Waals surface area contributed by atoms with Gasteiger partial charge in [-0.2, -0.15) is 0 Å². The third-order valence-corrected chi connectivity index (χ3v) is 0.834. The number of allylic oxidation sites excluding steroid dienone is 4. The van der Waals surface area contributed by atoms with E-state index in [0.29, 0.717) is 5.71 Å². The van der Waals surface area contributed by atoms with Gasteiger partial charge in [0.2, 0.25) is 0 Å².